The van der Waals surface area contributed by atoms with E-state index < -0.39 is 0 Å². The molecule has 1 N–H and O–H groups in total. The molecule has 0 saturated carbocycles. The maximum Gasteiger partial charge on any atom is 0.165 e. The fraction of sp³-hybridized carbons (Fsp3) is 0.462. The summed E-state index contributed by atoms with van der Waals surface area (Å²) in [5, 5.41) is 7.63. The number of aryl methyl sites for hydroxylation is 3. The van der Waals surface area contributed by atoms with Crippen LogP contribution in [0.25, 0.3) is 11.4 Å². The standard InChI is InChI=1S/C13H19N5/c1-6-14-11-7-8(2)15-13(16-11)12-9(3)17-18(5)10(12)4/h7H,6H2,1-5H3,(H,14,15,16). The zero-order valence-electron chi connectivity index (χ0n) is 11.6. The van der Waals surface area contributed by atoms with Crippen LogP contribution in [0.4, 0.5) is 5.82 Å². The molecule has 0 amide bonds. The minimum Gasteiger partial charge on any atom is -0.370 e. The van der Waals surface area contributed by atoms with Gasteiger partial charge in [0.05, 0.1) is 11.3 Å². The average Bonchev–Trinajstić information content (AvgIpc) is 2.52. The lowest BCUT2D eigenvalue weighted by molar-refractivity contribution is 0.731. The molecule has 2 heterocycles. The van der Waals surface area contributed by atoms with Crippen LogP contribution in [0, 0.1) is 20.8 Å². The molecule has 0 fully saturated rings. The molecule has 2 rings (SSSR count). The van der Waals surface area contributed by atoms with Crippen LogP contribution < -0.4 is 5.32 Å². The van der Waals surface area contributed by atoms with Crippen molar-refractivity contribution in [1.29, 1.82) is 0 Å². The smallest absolute Gasteiger partial charge is 0.165 e. The van der Waals surface area contributed by atoms with Gasteiger partial charge in [0, 0.05) is 31.0 Å². The molecule has 0 saturated heterocycles. The van der Waals surface area contributed by atoms with E-state index in [0.29, 0.717) is 0 Å². The SMILES string of the molecule is CCNc1cc(C)nc(-c2c(C)nn(C)c2C)n1. The normalized spacial score (nSPS) is 10.7. The van der Waals surface area contributed by atoms with E-state index in [1.165, 1.54) is 0 Å². The highest BCUT2D eigenvalue weighted by Gasteiger charge is 2.15. The van der Waals surface area contributed by atoms with Gasteiger partial charge in [0.2, 0.25) is 0 Å². The Morgan fingerprint density at radius 3 is 2.50 bits per heavy atom. The Morgan fingerprint density at radius 2 is 1.94 bits per heavy atom. The largest absolute Gasteiger partial charge is 0.370 e. The summed E-state index contributed by atoms with van der Waals surface area (Å²) in [5.74, 6) is 1.61. The maximum absolute atomic E-state index is 4.55. The van der Waals surface area contributed by atoms with Gasteiger partial charge in [-0.1, -0.05) is 0 Å². The van der Waals surface area contributed by atoms with Gasteiger partial charge in [-0.2, -0.15) is 5.10 Å². The second kappa shape index (κ2) is 4.76. The van der Waals surface area contributed by atoms with E-state index in [2.05, 4.69) is 27.3 Å². The van der Waals surface area contributed by atoms with E-state index in [1.54, 1.807) is 0 Å². The topological polar surface area (TPSA) is 55.6 Å². The third kappa shape index (κ3) is 2.20. The molecular formula is C13H19N5. The number of hydrogen-bond donors (Lipinski definition) is 1. The monoisotopic (exact) mass is 245 g/mol. The van der Waals surface area contributed by atoms with E-state index in [1.807, 2.05) is 38.6 Å². The Bertz CT molecular complexity index is 571. The minimum atomic E-state index is 0.744. The lowest BCUT2D eigenvalue weighted by atomic mass is 10.2. The van der Waals surface area contributed by atoms with Crippen LogP contribution in [-0.2, 0) is 7.05 Å². The number of nitrogens with zero attached hydrogens (tertiary/aromatic N) is 4. The summed E-state index contributed by atoms with van der Waals surface area (Å²) in [6, 6.07) is 1.95. The summed E-state index contributed by atoms with van der Waals surface area (Å²) in [6.45, 7) is 8.90. The van der Waals surface area contributed by atoms with Crippen LogP contribution in [0.2, 0.25) is 0 Å². The minimum absolute atomic E-state index is 0.744. The number of aromatic nitrogens is 4. The quantitative estimate of drug-likeness (QED) is 0.901. The summed E-state index contributed by atoms with van der Waals surface area (Å²) in [7, 11) is 1.94. The Kier molecular flexibility index (Phi) is 3.32. The van der Waals surface area contributed by atoms with Gasteiger partial charge in [-0.15, -0.1) is 0 Å². The molecule has 0 atom stereocenters. The molecule has 0 aromatic carbocycles. The second-order valence-electron chi connectivity index (χ2n) is 4.42. The van der Waals surface area contributed by atoms with Gasteiger partial charge < -0.3 is 5.32 Å². The first-order valence-corrected chi connectivity index (χ1v) is 6.13. The molecule has 96 valence electrons. The van der Waals surface area contributed by atoms with Crippen molar-refractivity contribution in [1.82, 2.24) is 19.7 Å². The van der Waals surface area contributed by atoms with Gasteiger partial charge in [-0.05, 0) is 27.7 Å². The Labute approximate surface area is 107 Å². The summed E-state index contributed by atoms with van der Waals surface area (Å²) in [4.78, 5) is 9.07. The van der Waals surface area contributed by atoms with E-state index in [0.717, 1.165) is 40.8 Å². The molecule has 5 nitrogen and oxygen atoms in total. The molecule has 5 heteroatoms. The fourth-order valence-electron chi connectivity index (χ4n) is 2.05. The van der Waals surface area contributed by atoms with Crippen molar-refractivity contribution < 1.29 is 0 Å². The molecule has 0 spiro atoms. The highest BCUT2D eigenvalue weighted by atomic mass is 15.3. The average molecular weight is 245 g/mol. The molecule has 0 bridgehead atoms. The van der Waals surface area contributed by atoms with Crippen molar-refractivity contribution in [3.63, 3.8) is 0 Å². The first-order chi connectivity index (χ1) is 8.52. The van der Waals surface area contributed by atoms with E-state index >= 15 is 0 Å². The zero-order chi connectivity index (χ0) is 13.3. The van der Waals surface area contributed by atoms with Crippen LogP contribution in [0.1, 0.15) is 24.0 Å². The summed E-state index contributed by atoms with van der Waals surface area (Å²) in [5.41, 5.74) is 4.03. The molecule has 2 aromatic heterocycles. The molecule has 0 radical (unpaired) electrons. The maximum atomic E-state index is 4.55. The van der Waals surface area contributed by atoms with Crippen LogP contribution in [0.3, 0.4) is 0 Å². The van der Waals surface area contributed by atoms with Gasteiger partial charge in [0.1, 0.15) is 5.82 Å². The molecule has 0 aliphatic heterocycles. The van der Waals surface area contributed by atoms with Gasteiger partial charge in [0.15, 0.2) is 5.82 Å². The first kappa shape index (κ1) is 12.5. The summed E-state index contributed by atoms with van der Waals surface area (Å²) in [6.07, 6.45) is 0. The summed E-state index contributed by atoms with van der Waals surface area (Å²) >= 11 is 0. The van der Waals surface area contributed by atoms with Crippen molar-refractivity contribution in [3.8, 4) is 11.4 Å². The van der Waals surface area contributed by atoms with Crippen molar-refractivity contribution in [2.75, 3.05) is 11.9 Å². The Morgan fingerprint density at radius 1 is 1.22 bits per heavy atom. The molecular weight excluding hydrogens is 226 g/mol. The van der Waals surface area contributed by atoms with Crippen LogP contribution in [0.15, 0.2) is 6.07 Å². The van der Waals surface area contributed by atoms with Crippen molar-refractivity contribution in [3.05, 3.63) is 23.1 Å². The van der Waals surface area contributed by atoms with Crippen molar-refractivity contribution in [2.45, 2.75) is 27.7 Å². The predicted molar refractivity (Wildman–Crippen MR) is 72.6 cm³/mol. The lowest BCUT2D eigenvalue weighted by Gasteiger charge is -2.07. The second-order valence-corrected chi connectivity index (χ2v) is 4.42. The third-order valence-corrected chi connectivity index (χ3v) is 2.94. The Balaban J connectivity index is 2.56. The van der Waals surface area contributed by atoms with E-state index in [4.69, 9.17) is 0 Å². The van der Waals surface area contributed by atoms with Gasteiger partial charge >= 0.3 is 0 Å². The van der Waals surface area contributed by atoms with E-state index in [9.17, 15) is 0 Å². The number of hydrogen-bond acceptors (Lipinski definition) is 4. The Hall–Kier alpha value is -1.91. The number of anilines is 1. The van der Waals surface area contributed by atoms with Crippen molar-refractivity contribution in [2.24, 2.45) is 7.05 Å². The predicted octanol–water partition coefficient (Wildman–Crippen LogP) is 2.23. The van der Waals surface area contributed by atoms with E-state index in [-0.39, 0.29) is 0 Å². The molecule has 18 heavy (non-hydrogen) atoms. The van der Waals surface area contributed by atoms with Gasteiger partial charge in [0.25, 0.3) is 0 Å². The fourth-order valence-corrected chi connectivity index (χ4v) is 2.05. The highest BCUT2D eigenvalue weighted by molar-refractivity contribution is 5.63. The molecule has 2 aromatic rings. The van der Waals surface area contributed by atoms with Gasteiger partial charge in [-0.25, -0.2) is 9.97 Å². The van der Waals surface area contributed by atoms with Gasteiger partial charge in [-0.3, -0.25) is 4.68 Å². The zero-order valence-corrected chi connectivity index (χ0v) is 11.6. The third-order valence-electron chi connectivity index (χ3n) is 2.94. The van der Waals surface area contributed by atoms with Crippen LogP contribution >= 0.6 is 0 Å². The first-order valence-electron chi connectivity index (χ1n) is 6.13. The van der Waals surface area contributed by atoms with Crippen LogP contribution in [0.5, 0.6) is 0 Å². The number of rotatable bonds is 3. The lowest BCUT2D eigenvalue weighted by Crippen LogP contribution is -2.03. The highest BCUT2D eigenvalue weighted by Crippen LogP contribution is 2.24. The molecule has 0 aliphatic rings. The van der Waals surface area contributed by atoms with Crippen LogP contribution in [-0.4, -0.2) is 26.3 Å². The van der Waals surface area contributed by atoms with Crippen molar-refractivity contribution >= 4 is 5.82 Å². The summed E-state index contributed by atoms with van der Waals surface area (Å²) < 4.78 is 1.86. The molecule has 0 unspecified atom stereocenters. The number of nitrogens with one attached hydrogen (secondary N) is 1. The molecule has 0 aliphatic carbocycles.